The summed E-state index contributed by atoms with van der Waals surface area (Å²) in [4.78, 5) is 2.46. The lowest BCUT2D eigenvalue weighted by Gasteiger charge is -2.22. The van der Waals surface area contributed by atoms with Crippen LogP contribution in [0.25, 0.3) is 0 Å². The lowest BCUT2D eigenvalue weighted by atomic mass is 10.1. The molecular weight excluding hydrogens is 253 g/mol. The molecule has 1 N–H and O–H groups in total. The topological polar surface area (TPSA) is 23.5 Å². The summed E-state index contributed by atoms with van der Waals surface area (Å²) in [5, 5.41) is 8.78. The highest BCUT2D eigenvalue weighted by Crippen LogP contribution is 2.29. The van der Waals surface area contributed by atoms with Gasteiger partial charge in [-0.15, -0.1) is 0 Å². The summed E-state index contributed by atoms with van der Waals surface area (Å²) in [5.74, 6) is 5.61. The smallest absolute Gasteiger partial charge is 0.124 e. The molecule has 0 bridgehead atoms. The van der Waals surface area contributed by atoms with Crippen molar-refractivity contribution >= 4 is 0 Å². The molecule has 2 rings (SSSR count). The van der Waals surface area contributed by atoms with Gasteiger partial charge in [0.15, 0.2) is 0 Å². The molecule has 0 heterocycles. The van der Waals surface area contributed by atoms with Crippen molar-refractivity contribution in [3.05, 3.63) is 35.1 Å². The lowest BCUT2D eigenvalue weighted by Crippen LogP contribution is -2.26. The number of benzene rings is 1. The third kappa shape index (κ3) is 4.33. The van der Waals surface area contributed by atoms with Gasteiger partial charge in [-0.05, 0) is 43.5 Å². The van der Waals surface area contributed by atoms with Crippen molar-refractivity contribution < 1.29 is 9.50 Å². The van der Waals surface area contributed by atoms with E-state index in [1.807, 2.05) is 6.07 Å². The highest BCUT2D eigenvalue weighted by molar-refractivity contribution is 5.41. The van der Waals surface area contributed by atoms with Gasteiger partial charge in [0.05, 0.1) is 6.61 Å². The first-order chi connectivity index (χ1) is 9.74. The number of halogens is 1. The van der Waals surface area contributed by atoms with Crippen LogP contribution in [-0.4, -0.2) is 29.2 Å². The highest BCUT2D eigenvalue weighted by Gasteiger charge is 2.28. The van der Waals surface area contributed by atoms with Gasteiger partial charge >= 0.3 is 0 Å². The number of aliphatic hydroxyl groups is 1. The van der Waals surface area contributed by atoms with Crippen LogP contribution in [0.3, 0.4) is 0 Å². The van der Waals surface area contributed by atoms with Gasteiger partial charge in [0, 0.05) is 24.6 Å². The average molecular weight is 275 g/mol. The van der Waals surface area contributed by atoms with Crippen LogP contribution in [0.4, 0.5) is 4.39 Å². The summed E-state index contributed by atoms with van der Waals surface area (Å²) in [5.41, 5.74) is 1.83. The van der Waals surface area contributed by atoms with Gasteiger partial charge in [0.2, 0.25) is 0 Å². The SMILES string of the molecule is CCCN(Cc1ccc(F)cc1C#CCCO)C1CC1. The Morgan fingerprint density at radius 2 is 2.20 bits per heavy atom. The Labute approximate surface area is 120 Å². The first kappa shape index (κ1) is 15.0. The fourth-order valence-corrected chi connectivity index (χ4v) is 2.35. The zero-order valence-corrected chi connectivity index (χ0v) is 12.0. The highest BCUT2D eigenvalue weighted by atomic mass is 19.1. The summed E-state index contributed by atoms with van der Waals surface area (Å²) in [6, 6.07) is 5.53. The summed E-state index contributed by atoms with van der Waals surface area (Å²) in [7, 11) is 0. The molecule has 0 saturated heterocycles. The van der Waals surface area contributed by atoms with Crippen LogP contribution in [-0.2, 0) is 6.54 Å². The molecule has 20 heavy (non-hydrogen) atoms. The van der Waals surface area contributed by atoms with Crippen molar-refractivity contribution in [1.29, 1.82) is 0 Å². The molecule has 1 aromatic carbocycles. The standard InChI is InChI=1S/C17H22FNO/c1-2-10-19(17-8-9-17)13-15-6-7-16(18)12-14(15)5-3-4-11-20/h6-7,12,17,20H,2,4,8-11,13H2,1H3. The van der Waals surface area contributed by atoms with Gasteiger partial charge in [-0.3, -0.25) is 4.90 Å². The Hall–Kier alpha value is -1.37. The second-order valence-electron chi connectivity index (χ2n) is 5.28. The maximum atomic E-state index is 13.4. The van der Waals surface area contributed by atoms with E-state index in [9.17, 15) is 4.39 Å². The number of hydrogen-bond donors (Lipinski definition) is 1. The summed E-state index contributed by atoms with van der Waals surface area (Å²) in [6.07, 6.45) is 4.10. The number of hydrogen-bond acceptors (Lipinski definition) is 2. The molecule has 0 radical (unpaired) electrons. The predicted octanol–water partition coefficient (Wildman–Crippen LogP) is 2.93. The first-order valence-corrected chi connectivity index (χ1v) is 7.36. The van der Waals surface area contributed by atoms with Gasteiger partial charge in [0.25, 0.3) is 0 Å². The van der Waals surface area contributed by atoms with Gasteiger partial charge in [-0.25, -0.2) is 4.39 Å². The van der Waals surface area contributed by atoms with Crippen LogP contribution in [0.5, 0.6) is 0 Å². The molecule has 1 saturated carbocycles. The lowest BCUT2D eigenvalue weighted by molar-refractivity contribution is 0.255. The van der Waals surface area contributed by atoms with Crippen molar-refractivity contribution in [3.63, 3.8) is 0 Å². The molecule has 0 spiro atoms. The number of rotatable bonds is 6. The molecular formula is C17H22FNO. The van der Waals surface area contributed by atoms with Crippen LogP contribution < -0.4 is 0 Å². The maximum absolute atomic E-state index is 13.4. The molecule has 0 atom stereocenters. The molecule has 1 aliphatic carbocycles. The van der Waals surface area contributed by atoms with Crippen LogP contribution in [0.2, 0.25) is 0 Å². The van der Waals surface area contributed by atoms with Gasteiger partial charge in [0.1, 0.15) is 5.82 Å². The van der Waals surface area contributed by atoms with Crippen molar-refractivity contribution in [1.82, 2.24) is 4.90 Å². The largest absolute Gasteiger partial charge is 0.395 e. The monoisotopic (exact) mass is 275 g/mol. The van der Waals surface area contributed by atoms with Crippen LogP contribution in [0, 0.1) is 17.7 Å². The fraction of sp³-hybridized carbons (Fsp3) is 0.529. The second kappa shape index (κ2) is 7.42. The second-order valence-corrected chi connectivity index (χ2v) is 5.28. The minimum absolute atomic E-state index is 0.0433. The summed E-state index contributed by atoms with van der Waals surface area (Å²) < 4.78 is 13.4. The average Bonchev–Trinajstić information content (AvgIpc) is 3.25. The fourth-order valence-electron chi connectivity index (χ4n) is 2.35. The quantitative estimate of drug-likeness (QED) is 0.807. The van der Waals surface area contributed by atoms with Crippen molar-refractivity contribution in [3.8, 4) is 11.8 Å². The molecule has 0 amide bonds. The van der Waals surface area contributed by atoms with Crippen molar-refractivity contribution in [2.75, 3.05) is 13.2 Å². The van der Waals surface area contributed by atoms with E-state index in [1.165, 1.54) is 25.0 Å². The Morgan fingerprint density at radius 3 is 2.85 bits per heavy atom. The minimum Gasteiger partial charge on any atom is -0.395 e. The molecule has 1 fully saturated rings. The first-order valence-electron chi connectivity index (χ1n) is 7.36. The predicted molar refractivity (Wildman–Crippen MR) is 78.7 cm³/mol. The molecule has 0 aliphatic heterocycles. The van der Waals surface area contributed by atoms with E-state index in [0.717, 1.165) is 30.6 Å². The molecule has 108 valence electrons. The van der Waals surface area contributed by atoms with E-state index in [0.29, 0.717) is 12.5 Å². The van der Waals surface area contributed by atoms with E-state index in [4.69, 9.17) is 5.11 Å². The van der Waals surface area contributed by atoms with E-state index in [2.05, 4.69) is 23.7 Å². The molecule has 0 unspecified atom stereocenters. The molecule has 2 nitrogen and oxygen atoms in total. The third-order valence-electron chi connectivity index (χ3n) is 3.48. The Balaban J connectivity index is 2.15. The minimum atomic E-state index is -0.254. The summed E-state index contributed by atoms with van der Waals surface area (Å²) >= 11 is 0. The van der Waals surface area contributed by atoms with Crippen molar-refractivity contribution in [2.45, 2.75) is 45.2 Å². The maximum Gasteiger partial charge on any atom is 0.124 e. The Kier molecular flexibility index (Phi) is 5.58. The van der Waals surface area contributed by atoms with Crippen LogP contribution in [0.15, 0.2) is 18.2 Å². The van der Waals surface area contributed by atoms with Crippen LogP contribution in [0.1, 0.15) is 43.7 Å². The third-order valence-corrected chi connectivity index (χ3v) is 3.48. The van der Waals surface area contributed by atoms with Gasteiger partial charge in [-0.1, -0.05) is 24.8 Å². The van der Waals surface area contributed by atoms with Gasteiger partial charge < -0.3 is 5.11 Å². The zero-order valence-electron chi connectivity index (χ0n) is 12.0. The van der Waals surface area contributed by atoms with Crippen LogP contribution >= 0.6 is 0 Å². The van der Waals surface area contributed by atoms with E-state index >= 15 is 0 Å². The van der Waals surface area contributed by atoms with E-state index in [-0.39, 0.29) is 12.4 Å². The van der Waals surface area contributed by atoms with Gasteiger partial charge in [-0.2, -0.15) is 0 Å². The van der Waals surface area contributed by atoms with Crippen molar-refractivity contribution in [2.24, 2.45) is 0 Å². The zero-order chi connectivity index (χ0) is 14.4. The van der Waals surface area contributed by atoms with E-state index < -0.39 is 0 Å². The Bertz CT molecular complexity index is 499. The molecule has 3 heteroatoms. The summed E-state index contributed by atoms with van der Waals surface area (Å²) in [6.45, 7) is 4.14. The number of aliphatic hydroxyl groups excluding tert-OH is 1. The number of nitrogens with zero attached hydrogens (tertiary/aromatic N) is 1. The molecule has 0 aromatic heterocycles. The van der Waals surface area contributed by atoms with E-state index in [1.54, 1.807) is 0 Å². The Morgan fingerprint density at radius 1 is 1.40 bits per heavy atom. The molecule has 1 aromatic rings. The molecule has 1 aliphatic rings. The normalized spacial score (nSPS) is 14.2.